The van der Waals surface area contributed by atoms with Crippen LogP contribution in [0.5, 0.6) is 5.75 Å². The van der Waals surface area contributed by atoms with E-state index in [2.05, 4.69) is 20.6 Å². The van der Waals surface area contributed by atoms with Crippen LogP contribution in [-0.2, 0) is 4.74 Å². The molecule has 0 aliphatic carbocycles. The first kappa shape index (κ1) is 27.2. The van der Waals surface area contributed by atoms with E-state index < -0.39 is 18.5 Å². The number of carbonyl (C=O) groups excluding carboxylic acids is 1. The van der Waals surface area contributed by atoms with Crippen LogP contribution in [0.15, 0.2) is 30.6 Å². The quantitative estimate of drug-likeness (QED) is 0.471. The molecule has 0 aromatic carbocycles. The summed E-state index contributed by atoms with van der Waals surface area (Å²) in [6.07, 6.45) is 1.62. The minimum Gasteiger partial charge on any atom is -0.493 e. The highest BCUT2D eigenvalue weighted by atomic mass is 19.4. The van der Waals surface area contributed by atoms with Gasteiger partial charge in [-0.05, 0) is 18.9 Å². The first-order valence-electron chi connectivity index (χ1n) is 11.6. The maximum atomic E-state index is 13.8. The minimum absolute atomic E-state index is 0.0155. The summed E-state index contributed by atoms with van der Waals surface area (Å²) in [5, 5.41) is 5.41. The van der Waals surface area contributed by atoms with Crippen LogP contribution in [0.1, 0.15) is 42.2 Å². The number of amides is 1. The number of unbranched alkanes of at least 4 members (excludes halogenated alkanes) is 1. The molecule has 1 fully saturated rings. The van der Waals surface area contributed by atoms with Crippen molar-refractivity contribution in [1.29, 1.82) is 0 Å². The fourth-order valence-electron chi connectivity index (χ4n) is 3.54. The molecular formula is C24H29F4N5O3. The number of rotatable bonds is 9. The van der Waals surface area contributed by atoms with Crippen LogP contribution < -0.4 is 15.4 Å². The molecule has 0 bridgehead atoms. The number of nitrogens with one attached hydrogen (secondary N) is 2. The maximum absolute atomic E-state index is 13.8. The van der Waals surface area contributed by atoms with E-state index in [-0.39, 0.29) is 28.9 Å². The topological polar surface area (TPSA) is 88.6 Å². The number of hydrogen-bond acceptors (Lipinski definition) is 7. The third-order valence-electron chi connectivity index (χ3n) is 5.34. The Kier molecular flexibility index (Phi) is 9.45. The SMILES string of the molecule is CCC/C=C(/Nc1cc(OC)c(F)cn1)c1cnc(C(=O)N2CCCOCC2)cc1NCC(F)(F)F. The van der Waals surface area contributed by atoms with Gasteiger partial charge in [0.15, 0.2) is 11.6 Å². The second-order valence-electron chi connectivity index (χ2n) is 8.08. The van der Waals surface area contributed by atoms with Crippen molar-refractivity contribution in [2.45, 2.75) is 32.4 Å². The molecule has 8 nitrogen and oxygen atoms in total. The lowest BCUT2D eigenvalue weighted by molar-refractivity contribution is -0.115. The van der Waals surface area contributed by atoms with Gasteiger partial charge >= 0.3 is 6.18 Å². The molecule has 0 radical (unpaired) electrons. The summed E-state index contributed by atoms with van der Waals surface area (Å²) in [4.78, 5) is 22.9. The van der Waals surface area contributed by atoms with Gasteiger partial charge in [0.25, 0.3) is 5.91 Å². The molecule has 1 saturated heterocycles. The predicted octanol–water partition coefficient (Wildman–Crippen LogP) is 4.71. The second-order valence-corrected chi connectivity index (χ2v) is 8.08. The molecule has 12 heteroatoms. The van der Waals surface area contributed by atoms with Gasteiger partial charge in [-0.2, -0.15) is 13.2 Å². The highest BCUT2D eigenvalue weighted by molar-refractivity contribution is 5.94. The zero-order chi connectivity index (χ0) is 26.1. The van der Waals surface area contributed by atoms with E-state index in [0.29, 0.717) is 50.4 Å². The van der Waals surface area contributed by atoms with Gasteiger partial charge in [-0.15, -0.1) is 0 Å². The third kappa shape index (κ3) is 7.54. The summed E-state index contributed by atoms with van der Waals surface area (Å²) in [5.74, 6) is -0.863. The summed E-state index contributed by atoms with van der Waals surface area (Å²) >= 11 is 0. The van der Waals surface area contributed by atoms with E-state index in [1.807, 2.05) is 6.92 Å². The van der Waals surface area contributed by atoms with Crippen molar-refractivity contribution in [3.63, 3.8) is 0 Å². The Bertz CT molecular complexity index is 1070. The van der Waals surface area contributed by atoms with Gasteiger partial charge in [0.05, 0.1) is 19.9 Å². The molecule has 0 unspecified atom stereocenters. The summed E-state index contributed by atoms with van der Waals surface area (Å²) in [6.45, 7) is 2.39. The molecule has 196 valence electrons. The van der Waals surface area contributed by atoms with Crippen LogP contribution in [0.3, 0.4) is 0 Å². The number of carbonyl (C=O) groups is 1. The summed E-state index contributed by atoms with van der Waals surface area (Å²) < 4.78 is 63.4. The van der Waals surface area contributed by atoms with Crippen molar-refractivity contribution in [3.05, 3.63) is 47.7 Å². The van der Waals surface area contributed by atoms with Crippen LogP contribution in [0.2, 0.25) is 0 Å². The van der Waals surface area contributed by atoms with Crippen LogP contribution in [0, 0.1) is 5.82 Å². The van der Waals surface area contributed by atoms with Gasteiger partial charge in [-0.1, -0.05) is 19.4 Å². The van der Waals surface area contributed by atoms with E-state index >= 15 is 0 Å². The highest BCUT2D eigenvalue weighted by Crippen LogP contribution is 2.29. The normalized spacial score (nSPS) is 14.8. The monoisotopic (exact) mass is 511 g/mol. The van der Waals surface area contributed by atoms with Gasteiger partial charge in [-0.3, -0.25) is 9.78 Å². The van der Waals surface area contributed by atoms with Gasteiger partial charge in [0.1, 0.15) is 18.1 Å². The van der Waals surface area contributed by atoms with E-state index in [9.17, 15) is 22.4 Å². The standard InChI is InChI=1S/C24H29F4N5O3/c1-3-4-6-18(32-22-12-21(35-2)17(25)14-30-22)16-13-29-20(11-19(16)31-15-24(26,27)28)23(34)33-7-5-9-36-10-8-33/h6,11-14H,3-5,7-10,15H2,1-2H3,(H,29,31)(H,30,32)/b18-6+. The molecule has 2 N–H and O–H groups in total. The van der Waals surface area contributed by atoms with Crippen LogP contribution >= 0.6 is 0 Å². The first-order chi connectivity index (χ1) is 17.2. The second kappa shape index (κ2) is 12.5. The van der Waals surface area contributed by atoms with E-state index in [0.717, 1.165) is 12.6 Å². The Hall–Kier alpha value is -3.41. The molecule has 1 amide bonds. The van der Waals surface area contributed by atoms with Crippen molar-refractivity contribution >= 4 is 23.1 Å². The molecule has 1 aliphatic rings. The van der Waals surface area contributed by atoms with Crippen molar-refractivity contribution < 1.29 is 31.8 Å². The smallest absolute Gasteiger partial charge is 0.405 e. The number of halogens is 4. The molecule has 0 saturated carbocycles. The molecule has 36 heavy (non-hydrogen) atoms. The first-order valence-corrected chi connectivity index (χ1v) is 11.6. The van der Waals surface area contributed by atoms with E-state index in [1.54, 1.807) is 11.0 Å². The number of nitrogens with zero attached hydrogens (tertiary/aromatic N) is 3. The molecule has 3 heterocycles. The average molecular weight is 512 g/mol. The Morgan fingerprint density at radius 1 is 1.22 bits per heavy atom. The van der Waals surface area contributed by atoms with Crippen molar-refractivity contribution in [1.82, 2.24) is 14.9 Å². The molecule has 2 aromatic rings. The number of allylic oxidation sites excluding steroid dienone is 1. The molecular weight excluding hydrogens is 482 g/mol. The third-order valence-corrected chi connectivity index (χ3v) is 5.34. The highest BCUT2D eigenvalue weighted by Gasteiger charge is 2.28. The molecule has 0 spiro atoms. The largest absolute Gasteiger partial charge is 0.493 e. The van der Waals surface area contributed by atoms with Crippen molar-refractivity contribution in [2.24, 2.45) is 0 Å². The fourth-order valence-corrected chi connectivity index (χ4v) is 3.54. The van der Waals surface area contributed by atoms with Crippen LogP contribution in [-0.4, -0.2) is 66.9 Å². The maximum Gasteiger partial charge on any atom is 0.405 e. The number of ether oxygens (including phenoxy) is 2. The number of anilines is 2. The summed E-state index contributed by atoms with van der Waals surface area (Å²) in [6, 6.07) is 2.65. The summed E-state index contributed by atoms with van der Waals surface area (Å²) in [5.41, 5.74) is 0.785. The molecule has 2 aromatic heterocycles. The van der Waals surface area contributed by atoms with Crippen LogP contribution in [0.25, 0.3) is 5.70 Å². The Morgan fingerprint density at radius 2 is 2.03 bits per heavy atom. The van der Waals surface area contributed by atoms with Crippen molar-refractivity contribution in [3.8, 4) is 5.75 Å². The average Bonchev–Trinajstić information content (AvgIpc) is 3.15. The van der Waals surface area contributed by atoms with Crippen LogP contribution in [0.4, 0.5) is 29.1 Å². The lowest BCUT2D eigenvalue weighted by Crippen LogP contribution is -2.34. The number of alkyl halides is 3. The molecule has 1 aliphatic heterocycles. The zero-order valence-electron chi connectivity index (χ0n) is 20.1. The number of hydrogen-bond donors (Lipinski definition) is 2. The van der Waals surface area contributed by atoms with Gasteiger partial charge in [0.2, 0.25) is 0 Å². The number of pyridine rings is 2. The Morgan fingerprint density at radius 3 is 2.75 bits per heavy atom. The number of aromatic nitrogens is 2. The Labute approximate surface area is 206 Å². The minimum atomic E-state index is -4.49. The van der Waals surface area contributed by atoms with Crippen molar-refractivity contribution in [2.75, 3.05) is 50.6 Å². The van der Waals surface area contributed by atoms with Gasteiger partial charge in [0, 0.05) is 48.9 Å². The predicted molar refractivity (Wildman–Crippen MR) is 127 cm³/mol. The lowest BCUT2D eigenvalue weighted by Gasteiger charge is -2.21. The van der Waals surface area contributed by atoms with Gasteiger partial charge < -0.3 is 25.0 Å². The van der Waals surface area contributed by atoms with E-state index in [4.69, 9.17) is 9.47 Å². The molecule has 3 rings (SSSR count). The molecule has 0 atom stereocenters. The lowest BCUT2D eigenvalue weighted by atomic mass is 10.1. The van der Waals surface area contributed by atoms with E-state index in [1.165, 1.54) is 25.4 Å². The Balaban J connectivity index is 1.98. The summed E-state index contributed by atoms with van der Waals surface area (Å²) in [7, 11) is 1.31. The van der Waals surface area contributed by atoms with Gasteiger partial charge in [-0.25, -0.2) is 9.37 Å². The zero-order valence-corrected chi connectivity index (χ0v) is 20.1. The number of methoxy groups -OCH3 is 1. The fraction of sp³-hybridized carbons (Fsp3) is 0.458.